The van der Waals surface area contributed by atoms with Crippen molar-refractivity contribution < 1.29 is 14.3 Å². The Balaban J connectivity index is 1.96. The van der Waals surface area contributed by atoms with Crippen LogP contribution in [-0.4, -0.2) is 6.16 Å². The number of carbonyl (C=O) groups excluding carboxylic acids is 1. The Morgan fingerprint density at radius 3 is 1.35 bits per heavy atom. The molecular weight excluding hydrogens is 264 g/mol. The van der Waals surface area contributed by atoms with Gasteiger partial charge in [0.05, 0.1) is 0 Å². The number of rotatable bonds is 4. The van der Waals surface area contributed by atoms with Crippen LogP contribution in [0, 0.1) is 9.81 Å². The molecule has 0 amide bonds. The second kappa shape index (κ2) is 6.19. The van der Waals surface area contributed by atoms with Crippen LogP contribution in [0.15, 0.2) is 58.9 Å². The maximum absolute atomic E-state index is 11.5. The van der Waals surface area contributed by atoms with Crippen molar-refractivity contribution in [3.8, 4) is 11.5 Å². The Morgan fingerprint density at radius 2 is 1.05 bits per heavy atom. The van der Waals surface area contributed by atoms with Crippen LogP contribution in [0.1, 0.15) is 0 Å². The zero-order chi connectivity index (χ0) is 14.4. The summed E-state index contributed by atoms with van der Waals surface area (Å²) in [5, 5.41) is 5.44. The molecule has 0 N–H and O–H groups in total. The number of hydrogen-bond acceptors (Lipinski definition) is 7. The minimum absolute atomic E-state index is 0.216. The number of carbonyl (C=O) groups is 1. The van der Waals surface area contributed by atoms with Crippen molar-refractivity contribution >= 4 is 17.5 Å². The van der Waals surface area contributed by atoms with E-state index in [1.54, 1.807) is 0 Å². The van der Waals surface area contributed by atoms with E-state index in [4.69, 9.17) is 9.47 Å². The molecule has 0 spiro atoms. The standard InChI is InChI=1S/C13H8N2O5/c16-13(19-11-5-1-9(14-17)2-6-11)20-12-7-3-10(15-18)4-8-12/h1-8H. The molecule has 0 aliphatic carbocycles. The highest BCUT2D eigenvalue weighted by Gasteiger charge is 2.08. The molecule has 0 unspecified atom stereocenters. The SMILES string of the molecule is O=Nc1ccc(OC(=O)Oc2ccc(N=O)cc2)cc1. The second-order valence-corrected chi connectivity index (χ2v) is 3.62. The molecule has 0 atom stereocenters. The maximum atomic E-state index is 11.5. The lowest BCUT2D eigenvalue weighted by Gasteiger charge is -2.05. The van der Waals surface area contributed by atoms with Crippen molar-refractivity contribution in [1.82, 2.24) is 0 Å². The average Bonchev–Trinajstić information content (AvgIpc) is 2.49. The van der Waals surface area contributed by atoms with E-state index in [1.165, 1.54) is 48.5 Å². The third kappa shape index (κ3) is 3.45. The molecule has 0 saturated carbocycles. The monoisotopic (exact) mass is 272 g/mol. The zero-order valence-corrected chi connectivity index (χ0v) is 10.1. The average molecular weight is 272 g/mol. The van der Waals surface area contributed by atoms with Crippen LogP contribution in [-0.2, 0) is 0 Å². The summed E-state index contributed by atoms with van der Waals surface area (Å²) in [6, 6.07) is 11.3. The molecule has 0 saturated heterocycles. The molecule has 7 heteroatoms. The van der Waals surface area contributed by atoms with E-state index in [-0.39, 0.29) is 22.9 Å². The van der Waals surface area contributed by atoms with E-state index in [1.807, 2.05) is 0 Å². The van der Waals surface area contributed by atoms with Gasteiger partial charge < -0.3 is 9.47 Å². The fourth-order valence-electron chi connectivity index (χ4n) is 1.36. The molecule has 0 bridgehead atoms. The fourth-order valence-corrected chi connectivity index (χ4v) is 1.36. The van der Waals surface area contributed by atoms with Crippen LogP contribution in [0.4, 0.5) is 16.2 Å². The van der Waals surface area contributed by atoms with E-state index in [9.17, 15) is 14.6 Å². The third-order valence-corrected chi connectivity index (χ3v) is 2.29. The van der Waals surface area contributed by atoms with Crippen molar-refractivity contribution in [3.63, 3.8) is 0 Å². The number of benzene rings is 2. The molecule has 0 heterocycles. The first kappa shape index (κ1) is 13.3. The predicted molar refractivity (Wildman–Crippen MR) is 70.4 cm³/mol. The summed E-state index contributed by atoms with van der Waals surface area (Å²) in [6.07, 6.45) is -0.941. The summed E-state index contributed by atoms with van der Waals surface area (Å²) >= 11 is 0. The minimum atomic E-state index is -0.941. The summed E-state index contributed by atoms with van der Waals surface area (Å²) in [4.78, 5) is 31.9. The van der Waals surface area contributed by atoms with Crippen molar-refractivity contribution in [3.05, 3.63) is 58.3 Å². The second-order valence-electron chi connectivity index (χ2n) is 3.62. The molecule has 0 aliphatic rings. The Morgan fingerprint density at radius 1 is 0.700 bits per heavy atom. The van der Waals surface area contributed by atoms with Gasteiger partial charge in [-0.1, -0.05) is 0 Å². The van der Waals surface area contributed by atoms with Gasteiger partial charge in [0.1, 0.15) is 22.9 Å². The fraction of sp³-hybridized carbons (Fsp3) is 0. The van der Waals surface area contributed by atoms with Crippen LogP contribution in [0.2, 0.25) is 0 Å². The van der Waals surface area contributed by atoms with Crippen molar-refractivity contribution in [2.24, 2.45) is 10.4 Å². The molecule has 0 aromatic heterocycles. The Hall–Kier alpha value is -3.09. The van der Waals surface area contributed by atoms with E-state index < -0.39 is 6.16 Å². The molecule has 7 nitrogen and oxygen atoms in total. The largest absolute Gasteiger partial charge is 0.519 e. The number of nitroso groups, excluding NO2 is 2. The van der Waals surface area contributed by atoms with Gasteiger partial charge in [-0.2, -0.15) is 0 Å². The van der Waals surface area contributed by atoms with E-state index in [0.717, 1.165) is 0 Å². The van der Waals surface area contributed by atoms with Gasteiger partial charge in [-0.25, -0.2) is 4.79 Å². The summed E-state index contributed by atoms with van der Waals surface area (Å²) in [5.74, 6) is 0.433. The molecular formula is C13H8N2O5. The number of nitrogens with zero attached hydrogens (tertiary/aromatic N) is 2. The van der Waals surface area contributed by atoms with Crippen LogP contribution in [0.25, 0.3) is 0 Å². The van der Waals surface area contributed by atoms with Crippen LogP contribution in [0.3, 0.4) is 0 Å². The van der Waals surface area contributed by atoms with Crippen molar-refractivity contribution in [2.75, 3.05) is 0 Å². The van der Waals surface area contributed by atoms with Gasteiger partial charge in [-0.15, -0.1) is 9.81 Å². The summed E-state index contributed by atoms with van der Waals surface area (Å²) in [6.45, 7) is 0. The van der Waals surface area contributed by atoms with Gasteiger partial charge in [-0.3, -0.25) is 0 Å². The van der Waals surface area contributed by atoms with Crippen LogP contribution in [0.5, 0.6) is 11.5 Å². The van der Waals surface area contributed by atoms with E-state index in [0.29, 0.717) is 0 Å². The smallest absolute Gasteiger partial charge is 0.395 e. The van der Waals surface area contributed by atoms with Gasteiger partial charge >= 0.3 is 6.16 Å². The Bertz CT molecular complexity index is 567. The van der Waals surface area contributed by atoms with Crippen molar-refractivity contribution in [2.45, 2.75) is 0 Å². The van der Waals surface area contributed by atoms with E-state index in [2.05, 4.69) is 10.4 Å². The third-order valence-electron chi connectivity index (χ3n) is 2.29. The van der Waals surface area contributed by atoms with Gasteiger partial charge in [0, 0.05) is 0 Å². The molecule has 0 aliphatic heterocycles. The van der Waals surface area contributed by atoms with Gasteiger partial charge in [0.15, 0.2) is 0 Å². The lowest BCUT2D eigenvalue weighted by atomic mass is 10.3. The summed E-state index contributed by atoms with van der Waals surface area (Å²) < 4.78 is 9.77. The summed E-state index contributed by atoms with van der Waals surface area (Å²) in [5.41, 5.74) is 0.449. The molecule has 100 valence electrons. The highest BCUT2D eigenvalue weighted by Crippen LogP contribution is 2.20. The lowest BCUT2D eigenvalue weighted by molar-refractivity contribution is 0.152. The Kier molecular flexibility index (Phi) is 4.13. The molecule has 0 radical (unpaired) electrons. The Labute approximate surface area is 113 Å². The van der Waals surface area contributed by atoms with Crippen LogP contribution < -0.4 is 9.47 Å². The molecule has 20 heavy (non-hydrogen) atoms. The molecule has 2 aromatic rings. The summed E-state index contributed by atoms with van der Waals surface area (Å²) in [7, 11) is 0. The number of ether oxygens (including phenoxy) is 2. The first-order chi connectivity index (χ1) is 9.71. The normalized spacial score (nSPS) is 9.60. The van der Waals surface area contributed by atoms with Gasteiger partial charge in [0.2, 0.25) is 0 Å². The minimum Gasteiger partial charge on any atom is -0.395 e. The highest BCUT2D eigenvalue weighted by molar-refractivity contribution is 5.67. The maximum Gasteiger partial charge on any atom is 0.519 e. The van der Waals surface area contributed by atoms with Crippen molar-refractivity contribution in [1.29, 1.82) is 0 Å². The molecule has 2 rings (SSSR count). The highest BCUT2D eigenvalue weighted by atomic mass is 16.7. The van der Waals surface area contributed by atoms with E-state index >= 15 is 0 Å². The zero-order valence-electron chi connectivity index (χ0n) is 10.1. The first-order valence-electron chi connectivity index (χ1n) is 5.48. The lowest BCUT2D eigenvalue weighted by Crippen LogP contribution is -2.13. The topological polar surface area (TPSA) is 94.4 Å². The van der Waals surface area contributed by atoms with Gasteiger partial charge in [0.25, 0.3) is 0 Å². The molecule has 0 fully saturated rings. The quantitative estimate of drug-likeness (QED) is 0.475. The predicted octanol–water partition coefficient (Wildman–Crippen LogP) is 4.06. The van der Waals surface area contributed by atoms with Crippen LogP contribution >= 0.6 is 0 Å². The van der Waals surface area contributed by atoms with Gasteiger partial charge in [-0.05, 0) is 58.9 Å². The number of hydrogen-bond donors (Lipinski definition) is 0. The first-order valence-corrected chi connectivity index (χ1v) is 5.48. The molecule has 2 aromatic carbocycles.